The standard InChI is InChI=1S/C16H14FNO3.C12H11FINO2/c1-2-6-21-13-4-3-12(17)14-15(13)18-8-11(16(14)19)10-5-7-20-9-10;1-2-5-17-9-4-3-7(13)10-11(9)15-6-8(14)12(10)16/h3-5,7-9H,2,6H2,1H3,(H,18,19);3-4,6H,2,5H2,1H3,(H,15,16). The van der Waals surface area contributed by atoms with E-state index in [4.69, 9.17) is 13.9 Å². The highest BCUT2D eigenvalue weighted by Crippen LogP contribution is 2.27. The van der Waals surface area contributed by atoms with Gasteiger partial charge in [-0.05, 0) is 65.8 Å². The Balaban J connectivity index is 0.000000181. The van der Waals surface area contributed by atoms with Gasteiger partial charge < -0.3 is 23.9 Å². The van der Waals surface area contributed by atoms with Crippen LogP contribution in [0.15, 0.2) is 69.3 Å². The molecule has 38 heavy (non-hydrogen) atoms. The van der Waals surface area contributed by atoms with Crippen molar-refractivity contribution in [3.63, 3.8) is 0 Å². The number of H-pyrrole nitrogens is 2. The van der Waals surface area contributed by atoms with E-state index < -0.39 is 11.6 Å². The summed E-state index contributed by atoms with van der Waals surface area (Å²) >= 11 is 1.88. The molecule has 3 aromatic heterocycles. The average Bonchev–Trinajstić information content (AvgIpc) is 3.45. The number of nitrogens with one attached hydrogen (secondary N) is 2. The minimum Gasteiger partial charge on any atom is -0.491 e. The second kappa shape index (κ2) is 12.2. The topological polar surface area (TPSA) is 97.3 Å². The zero-order valence-corrected chi connectivity index (χ0v) is 22.9. The highest BCUT2D eigenvalue weighted by atomic mass is 127. The first-order valence-electron chi connectivity index (χ1n) is 12.0. The van der Waals surface area contributed by atoms with Gasteiger partial charge in [-0.1, -0.05) is 13.8 Å². The zero-order valence-electron chi connectivity index (χ0n) is 20.7. The Hall–Kier alpha value is -3.67. The molecule has 0 spiro atoms. The second-order valence-corrected chi connectivity index (χ2v) is 9.46. The van der Waals surface area contributed by atoms with Gasteiger partial charge >= 0.3 is 0 Å². The quantitative estimate of drug-likeness (QED) is 0.193. The highest BCUT2D eigenvalue weighted by molar-refractivity contribution is 14.1. The Morgan fingerprint density at radius 2 is 1.37 bits per heavy atom. The predicted octanol–water partition coefficient (Wildman–Crippen LogP) is 6.78. The second-order valence-electron chi connectivity index (χ2n) is 8.30. The van der Waals surface area contributed by atoms with Gasteiger partial charge in [0.2, 0.25) is 5.43 Å². The molecule has 0 amide bonds. The van der Waals surface area contributed by atoms with E-state index in [2.05, 4.69) is 9.97 Å². The van der Waals surface area contributed by atoms with Crippen molar-refractivity contribution in [3.8, 4) is 22.6 Å². The van der Waals surface area contributed by atoms with Gasteiger partial charge in [-0.25, -0.2) is 8.78 Å². The molecule has 10 heteroatoms. The third kappa shape index (κ3) is 5.59. The summed E-state index contributed by atoms with van der Waals surface area (Å²) in [5.74, 6) is -0.107. The molecular formula is C28H25F2IN2O5. The number of aromatic amines is 2. The summed E-state index contributed by atoms with van der Waals surface area (Å²) < 4.78 is 44.2. The molecule has 3 heterocycles. The van der Waals surface area contributed by atoms with Crippen molar-refractivity contribution in [1.82, 2.24) is 9.97 Å². The van der Waals surface area contributed by atoms with Crippen LogP contribution in [0.5, 0.6) is 11.5 Å². The number of fused-ring (bicyclic) bond motifs is 2. The monoisotopic (exact) mass is 634 g/mol. The van der Waals surface area contributed by atoms with E-state index in [1.54, 1.807) is 18.5 Å². The van der Waals surface area contributed by atoms with E-state index in [0.717, 1.165) is 12.8 Å². The Morgan fingerprint density at radius 1 is 0.816 bits per heavy atom. The number of pyridine rings is 2. The number of furan rings is 1. The fourth-order valence-corrected chi connectivity index (χ4v) is 4.23. The van der Waals surface area contributed by atoms with Crippen LogP contribution in [0, 0.1) is 15.2 Å². The van der Waals surface area contributed by atoms with Crippen LogP contribution in [0.1, 0.15) is 26.7 Å². The van der Waals surface area contributed by atoms with Crippen LogP contribution >= 0.6 is 22.6 Å². The van der Waals surface area contributed by atoms with Crippen molar-refractivity contribution >= 4 is 44.4 Å². The van der Waals surface area contributed by atoms with Gasteiger partial charge in [-0.2, -0.15) is 0 Å². The lowest BCUT2D eigenvalue weighted by atomic mass is 10.1. The van der Waals surface area contributed by atoms with Crippen LogP contribution in [-0.2, 0) is 0 Å². The van der Waals surface area contributed by atoms with Gasteiger partial charge in [-0.3, -0.25) is 9.59 Å². The lowest BCUT2D eigenvalue weighted by molar-refractivity contribution is 0.320. The van der Waals surface area contributed by atoms with E-state index in [0.29, 0.717) is 50.4 Å². The van der Waals surface area contributed by atoms with Gasteiger partial charge in [0.15, 0.2) is 5.43 Å². The lowest BCUT2D eigenvalue weighted by Gasteiger charge is -2.09. The fraction of sp³-hybridized carbons (Fsp3) is 0.214. The van der Waals surface area contributed by atoms with Crippen molar-refractivity contribution in [2.45, 2.75) is 26.7 Å². The molecule has 0 unspecified atom stereocenters. The van der Waals surface area contributed by atoms with Crippen LogP contribution < -0.4 is 20.3 Å². The number of benzene rings is 2. The Labute approximate surface area is 229 Å². The maximum absolute atomic E-state index is 14.1. The number of rotatable bonds is 7. The van der Waals surface area contributed by atoms with Gasteiger partial charge in [-0.15, -0.1) is 0 Å². The average molecular weight is 634 g/mol. The van der Waals surface area contributed by atoms with Gasteiger partial charge in [0, 0.05) is 23.5 Å². The number of hydrogen-bond donors (Lipinski definition) is 2. The van der Waals surface area contributed by atoms with E-state index in [1.807, 2.05) is 36.4 Å². The lowest BCUT2D eigenvalue weighted by Crippen LogP contribution is -2.09. The summed E-state index contributed by atoms with van der Waals surface area (Å²) in [5, 5.41) is 0.0628. The Bertz CT molecular complexity index is 1680. The molecule has 0 aliphatic rings. The van der Waals surface area contributed by atoms with Crippen molar-refractivity contribution in [2.24, 2.45) is 0 Å². The van der Waals surface area contributed by atoms with E-state index in [9.17, 15) is 18.4 Å². The smallest absolute Gasteiger partial charge is 0.205 e. The summed E-state index contributed by atoms with van der Waals surface area (Å²) in [4.78, 5) is 30.2. The molecule has 5 aromatic rings. The molecule has 0 aliphatic carbocycles. The molecule has 2 aromatic carbocycles. The van der Waals surface area contributed by atoms with Crippen LogP contribution in [0.4, 0.5) is 8.78 Å². The molecular weight excluding hydrogens is 609 g/mol. The first-order chi connectivity index (χ1) is 18.4. The number of aromatic nitrogens is 2. The molecule has 0 bridgehead atoms. The summed E-state index contributed by atoms with van der Waals surface area (Å²) in [7, 11) is 0. The van der Waals surface area contributed by atoms with Crippen molar-refractivity contribution in [1.29, 1.82) is 0 Å². The molecule has 2 N–H and O–H groups in total. The van der Waals surface area contributed by atoms with E-state index in [1.165, 1.54) is 36.8 Å². The van der Waals surface area contributed by atoms with Crippen LogP contribution in [0.2, 0.25) is 0 Å². The van der Waals surface area contributed by atoms with E-state index >= 15 is 0 Å². The highest BCUT2D eigenvalue weighted by Gasteiger charge is 2.15. The predicted molar refractivity (Wildman–Crippen MR) is 151 cm³/mol. The van der Waals surface area contributed by atoms with Crippen molar-refractivity contribution in [2.75, 3.05) is 13.2 Å². The van der Waals surface area contributed by atoms with Crippen LogP contribution in [-0.4, -0.2) is 23.2 Å². The normalized spacial score (nSPS) is 10.9. The van der Waals surface area contributed by atoms with Crippen molar-refractivity contribution in [3.05, 3.63) is 90.9 Å². The number of halogens is 3. The van der Waals surface area contributed by atoms with Gasteiger partial charge in [0.1, 0.15) is 23.1 Å². The molecule has 0 fully saturated rings. The van der Waals surface area contributed by atoms with Crippen LogP contribution in [0.25, 0.3) is 32.9 Å². The largest absolute Gasteiger partial charge is 0.491 e. The summed E-state index contributed by atoms with van der Waals surface area (Å²) in [6.45, 7) is 5.00. The number of hydrogen-bond acceptors (Lipinski definition) is 5. The molecule has 7 nitrogen and oxygen atoms in total. The molecule has 0 atom stereocenters. The minimum absolute atomic E-state index is 0.00213. The molecule has 0 radical (unpaired) electrons. The minimum atomic E-state index is -0.569. The van der Waals surface area contributed by atoms with Gasteiger partial charge in [0.25, 0.3) is 0 Å². The molecule has 198 valence electrons. The number of ether oxygens (including phenoxy) is 2. The van der Waals surface area contributed by atoms with Crippen molar-refractivity contribution < 1.29 is 22.7 Å². The summed E-state index contributed by atoms with van der Waals surface area (Å²) in [5.41, 5.74) is 1.08. The summed E-state index contributed by atoms with van der Waals surface area (Å²) in [6, 6.07) is 7.24. The fourth-order valence-electron chi connectivity index (χ4n) is 3.81. The third-order valence-electron chi connectivity index (χ3n) is 5.61. The molecule has 5 rings (SSSR count). The Kier molecular flexibility index (Phi) is 8.82. The maximum atomic E-state index is 14.1. The summed E-state index contributed by atoms with van der Waals surface area (Å²) in [6.07, 6.45) is 7.71. The van der Waals surface area contributed by atoms with Gasteiger partial charge in [0.05, 0.1) is 51.1 Å². The molecule has 0 saturated carbocycles. The first kappa shape index (κ1) is 27.4. The first-order valence-corrected chi connectivity index (χ1v) is 13.1. The Morgan fingerprint density at radius 3 is 1.89 bits per heavy atom. The molecule has 0 aliphatic heterocycles. The SMILES string of the molecule is CCCOc1ccc(F)c2c(=O)c(-c3ccoc3)c[nH]c12.CCCOc1ccc(F)c2c(=O)c(I)c[nH]c12. The van der Waals surface area contributed by atoms with Crippen LogP contribution in [0.3, 0.4) is 0 Å². The zero-order chi connectivity index (χ0) is 27.2. The molecule has 0 saturated heterocycles. The van der Waals surface area contributed by atoms with E-state index in [-0.39, 0.29) is 21.6 Å². The maximum Gasteiger partial charge on any atom is 0.205 e. The third-order valence-corrected chi connectivity index (χ3v) is 6.41.